The van der Waals surface area contributed by atoms with E-state index in [4.69, 9.17) is 16.3 Å². The predicted octanol–water partition coefficient (Wildman–Crippen LogP) is 4.62. The van der Waals surface area contributed by atoms with Crippen LogP contribution in [0.1, 0.15) is 26.3 Å². The molecular weight excluding hydrogens is 423 g/mol. The third-order valence-corrected chi connectivity index (χ3v) is 4.14. The Morgan fingerprint density at radius 3 is 2.13 bits per heavy atom. The Morgan fingerprint density at radius 2 is 1.53 bits per heavy atom. The van der Waals surface area contributed by atoms with Gasteiger partial charge in [-0.05, 0) is 54.6 Å². The van der Waals surface area contributed by atoms with Gasteiger partial charge in [0.25, 0.3) is 11.8 Å². The Hall–Kier alpha value is -3.59. The number of ether oxygens (including phenoxy) is 1. The first-order chi connectivity index (χ1) is 14.2. The van der Waals surface area contributed by atoms with Crippen LogP contribution in [-0.4, -0.2) is 16.8 Å². The zero-order chi connectivity index (χ0) is 21.7. The molecule has 3 rings (SSSR count). The van der Waals surface area contributed by atoms with Crippen LogP contribution in [0.2, 0.25) is 5.02 Å². The summed E-state index contributed by atoms with van der Waals surface area (Å²) in [6, 6.07) is 12.1. The maximum absolute atomic E-state index is 12.9. The standard InChI is InChI=1S/C20H13ClF3N3O3/c21-17-8-5-13(10-16(17)20(22,23)24)19(29)27-26-18(28)12-3-6-14(7-4-12)30-15-2-1-9-25-11-15/h1-11H,(H,26,28)(H,27,29). The second-order valence-corrected chi connectivity index (χ2v) is 6.32. The molecule has 0 saturated heterocycles. The second-order valence-electron chi connectivity index (χ2n) is 5.92. The minimum absolute atomic E-state index is 0.195. The van der Waals surface area contributed by atoms with Crippen molar-refractivity contribution in [3.63, 3.8) is 0 Å². The summed E-state index contributed by atoms with van der Waals surface area (Å²) in [5, 5.41) is -0.531. The quantitative estimate of drug-likeness (QED) is 0.586. The molecular formula is C20H13ClF3N3O3. The lowest BCUT2D eigenvalue weighted by Crippen LogP contribution is -2.41. The maximum atomic E-state index is 12.9. The minimum Gasteiger partial charge on any atom is -0.456 e. The minimum atomic E-state index is -4.71. The lowest BCUT2D eigenvalue weighted by Gasteiger charge is -2.12. The van der Waals surface area contributed by atoms with Gasteiger partial charge >= 0.3 is 6.18 Å². The van der Waals surface area contributed by atoms with E-state index in [1.807, 2.05) is 0 Å². The third-order valence-electron chi connectivity index (χ3n) is 3.81. The molecule has 3 aromatic rings. The van der Waals surface area contributed by atoms with Crippen LogP contribution in [0.25, 0.3) is 0 Å². The molecule has 0 spiro atoms. The van der Waals surface area contributed by atoms with Crippen LogP contribution in [0.3, 0.4) is 0 Å². The molecule has 0 atom stereocenters. The summed E-state index contributed by atoms with van der Waals surface area (Å²) >= 11 is 5.52. The van der Waals surface area contributed by atoms with E-state index >= 15 is 0 Å². The summed E-state index contributed by atoms with van der Waals surface area (Å²) in [4.78, 5) is 28.1. The summed E-state index contributed by atoms with van der Waals surface area (Å²) in [5.74, 6) is -0.615. The molecule has 30 heavy (non-hydrogen) atoms. The number of aromatic nitrogens is 1. The molecule has 0 unspecified atom stereocenters. The number of nitrogens with zero attached hydrogens (tertiary/aromatic N) is 1. The summed E-state index contributed by atoms with van der Waals surface area (Å²) in [6.45, 7) is 0. The summed E-state index contributed by atoms with van der Waals surface area (Å²) < 4.78 is 44.2. The van der Waals surface area contributed by atoms with Gasteiger partial charge < -0.3 is 4.74 Å². The first kappa shape index (κ1) is 21.1. The molecule has 6 nitrogen and oxygen atoms in total. The monoisotopic (exact) mass is 435 g/mol. The fourth-order valence-electron chi connectivity index (χ4n) is 2.36. The van der Waals surface area contributed by atoms with E-state index in [1.54, 1.807) is 30.5 Å². The van der Waals surface area contributed by atoms with Crippen molar-refractivity contribution in [3.8, 4) is 11.5 Å². The van der Waals surface area contributed by atoms with E-state index in [-0.39, 0.29) is 11.1 Å². The van der Waals surface area contributed by atoms with E-state index in [0.717, 1.165) is 12.1 Å². The second kappa shape index (κ2) is 8.83. The fourth-order valence-corrected chi connectivity index (χ4v) is 2.58. The van der Waals surface area contributed by atoms with Gasteiger partial charge in [-0.1, -0.05) is 11.6 Å². The molecule has 2 aromatic carbocycles. The summed E-state index contributed by atoms with van der Waals surface area (Å²) in [6.07, 6.45) is -1.59. The van der Waals surface area contributed by atoms with Gasteiger partial charge in [0.1, 0.15) is 11.5 Å². The van der Waals surface area contributed by atoms with Gasteiger partial charge in [-0.2, -0.15) is 13.2 Å². The topological polar surface area (TPSA) is 80.3 Å². The van der Waals surface area contributed by atoms with Crippen molar-refractivity contribution in [2.45, 2.75) is 6.18 Å². The van der Waals surface area contributed by atoms with Gasteiger partial charge in [-0.15, -0.1) is 0 Å². The van der Waals surface area contributed by atoms with Crippen molar-refractivity contribution >= 4 is 23.4 Å². The van der Waals surface area contributed by atoms with Crippen LogP contribution in [0.15, 0.2) is 67.0 Å². The van der Waals surface area contributed by atoms with E-state index in [2.05, 4.69) is 15.8 Å². The lowest BCUT2D eigenvalue weighted by atomic mass is 10.1. The highest BCUT2D eigenvalue weighted by Crippen LogP contribution is 2.35. The zero-order valence-electron chi connectivity index (χ0n) is 15.0. The molecule has 0 radical (unpaired) electrons. The molecule has 10 heteroatoms. The lowest BCUT2D eigenvalue weighted by molar-refractivity contribution is -0.137. The maximum Gasteiger partial charge on any atom is 0.417 e. The number of benzene rings is 2. The smallest absolute Gasteiger partial charge is 0.417 e. The van der Waals surface area contributed by atoms with Crippen molar-refractivity contribution in [2.75, 3.05) is 0 Å². The average Bonchev–Trinajstić information content (AvgIpc) is 2.72. The predicted molar refractivity (Wildman–Crippen MR) is 102 cm³/mol. The van der Waals surface area contributed by atoms with Crippen molar-refractivity contribution in [1.82, 2.24) is 15.8 Å². The number of hydrazine groups is 1. The van der Waals surface area contributed by atoms with Crippen molar-refractivity contribution in [2.24, 2.45) is 0 Å². The van der Waals surface area contributed by atoms with Crippen LogP contribution >= 0.6 is 11.6 Å². The molecule has 0 bridgehead atoms. The van der Waals surface area contributed by atoms with E-state index in [1.165, 1.54) is 18.3 Å². The molecule has 0 aliphatic rings. The average molecular weight is 436 g/mol. The van der Waals surface area contributed by atoms with Crippen LogP contribution in [-0.2, 0) is 6.18 Å². The molecule has 1 aromatic heterocycles. The van der Waals surface area contributed by atoms with Gasteiger partial charge in [-0.3, -0.25) is 25.4 Å². The first-order valence-electron chi connectivity index (χ1n) is 8.39. The Bertz CT molecular complexity index is 1060. The number of rotatable bonds is 4. The SMILES string of the molecule is O=C(NNC(=O)c1ccc(Cl)c(C(F)(F)F)c1)c1ccc(Oc2cccnc2)cc1. The number of pyridine rings is 1. The van der Waals surface area contributed by atoms with Crippen LogP contribution in [0.5, 0.6) is 11.5 Å². The molecule has 2 amide bonds. The van der Waals surface area contributed by atoms with Crippen molar-refractivity contribution < 1.29 is 27.5 Å². The summed E-state index contributed by atoms with van der Waals surface area (Å²) in [7, 11) is 0. The number of nitrogens with one attached hydrogen (secondary N) is 2. The van der Waals surface area contributed by atoms with Gasteiger partial charge in [0.05, 0.1) is 16.8 Å². The number of halogens is 4. The molecule has 0 saturated carbocycles. The van der Waals surface area contributed by atoms with Crippen molar-refractivity contribution in [3.05, 3.63) is 88.7 Å². The van der Waals surface area contributed by atoms with Crippen molar-refractivity contribution in [1.29, 1.82) is 0 Å². The van der Waals surface area contributed by atoms with E-state index < -0.39 is 28.6 Å². The van der Waals surface area contributed by atoms with Gasteiger partial charge in [-0.25, -0.2) is 0 Å². The number of amides is 2. The van der Waals surface area contributed by atoms with E-state index in [9.17, 15) is 22.8 Å². The highest BCUT2D eigenvalue weighted by molar-refractivity contribution is 6.31. The Labute approximate surface area is 173 Å². The highest BCUT2D eigenvalue weighted by atomic mass is 35.5. The Morgan fingerprint density at radius 1 is 0.900 bits per heavy atom. The highest BCUT2D eigenvalue weighted by Gasteiger charge is 2.33. The molecule has 154 valence electrons. The molecule has 0 aliphatic heterocycles. The first-order valence-corrected chi connectivity index (χ1v) is 8.77. The molecule has 2 N–H and O–H groups in total. The van der Waals surface area contributed by atoms with Gasteiger partial charge in [0, 0.05) is 17.3 Å². The molecule has 1 heterocycles. The van der Waals surface area contributed by atoms with E-state index in [0.29, 0.717) is 17.6 Å². The fraction of sp³-hybridized carbons (Fsp3) is 0.0500. The largest absolute Gasteiger partial charge is 0.456 e. The number of carbonyl (C=O) groups is 2. The van der Waals surface area contributed by atoms with Gasteiger partial charge in [0.15, 0.2) is 0 Å². The molecule has 0 aliphatic carbocycles. The van der Waals surface area contributed by atoms with Crippen LogP contribution in [0.4, 0.5) is 13.2 Å². The third kappa shape index (κ3) is 5.26. The number of hydrogen-bond donors (Lipinski definition) is 2. The Balaban J connectivity index is 1.61. The number of alkyl halides is 3. The number of hydrogen-bond acceptors (Lipinski definition) is 4. The summed E-state index contributed by atoms with van der Waals surface area (Å²) in [5.41, 5.74) is 2.93. The normalized spacial score (nSPS) is 10.9. The molecule has 0 fully saturated rings. The Kier molecular flexibility index (Phi) is 6.22. The number of carbonyl (C=O) groups excluding carboxylic acids is 2. The zero-order valence-corrected chi connectivity index (χ0v) is 15.8. The van der Waals surface area contributed by atoms with Crippen LogP contribution in [0, 0.1) is 0 Å². The van der Waals surface area contributed by atoms with Crippen LogP contribution < -0.4 is 15.6 Å². The van der Waals surface area contributed by atoms with Gasteiger partial charge in [0.2, 0.25) is 0 Å².